The number of urea groups is 1. The molecule has 0 spiro atoms. The van der Waals surface area contributed by atoms with E-state index in [1.165, 1.54) is 24.3 Å². The molecule has 0 fully saturated rings. The molecule has 1 unspecified atom stereocenters. The van der Waals surface area contributed by atoms with Crippen molar-refractivity contribution in [2.45, 2.75) is 12.5 Å². The van der Waals surface area contributed by atoms with Crippen molar-refractivity contribution >= 4 is 39.2 Å². The highest BCUT2D eigenvalue weighted by Gasteiger charge is 2.21. The Kier molecular flexibility index (Phi) is 6.97. The summed E-state index contributed by atoms with van der Waals surface area (Å²) in [5.41, 5.74) is 1.94. The maximum atomic E-state index is 13.1. The molecule has 0 saturated heterocycles. The number of carbonyl (C=O) groups excluding carboxylic acids is 2. The van der Waals surface area contributed by atoms with Crippen molar-refractivity contribution in [3.05, 3.63) is 94.7 Å². The van der Waals surface area contributed by atoms with Crippen LogP contribution in [-0.2, 0) is 11.2 Å². The Labute approximate surface area is 176 Å². The summed E-state index contributed by atoms with van der Waals surface area (Å²) in [6.45, 7) is 0. The lowest BCUT2D eigenvalue weighted by molar-refractivity contribution is -0.117. The molecular weight excluding hydrogens is 437 g/mol. The third-order valence-electron chi connectivity index (χ3n) is 4.10. The van der Waals surface area contributed by atoms with Gasteiger partial charge in [-0.1, -0.05) is 52.3 Å². The van der Waals surface area contributed by atoms with Gasteiger partial charge in [0.05, 0.1) is 0 Å². The molecule has 0 heterocycles. The van der Waals surface area contributed by atoms with Gasteiger partial charge in [0.1, 0.15) is 11.9 Å². The first-order chi connectivity index (χ1) is 14.0. The average Bonchev–Trinajstić information content (AvgIpc) is 2.70. The Balaban J connectivity index is 1.72. The largest absolute Gasteiger partial charge is 0.326 e. The first-order valence-electron chi connectivity index (χ1n) is 8.93. The minimum atomic E-state index is -0.824. The number of rotatable bonds is 6. The van der Waals surface area contributed by atoms with Crippen molar-refractivity contribution in [1.82, 2.24) is 5.32 Å². The molecule has 0 aliphatic carbocycles. The first-order valence-corrected chi connectivity index (χ1v) is 9.72. The molecular formula is C22H19BrFN3O2. The van der Waals surface area contributed by atoms with Crippen LogP contribution in [-0.4, -0.2) is 18.0 Å². The molecule has 1 atom stereocenters. The maximum absolute atomic E-state index is 13.1. The predicted molar refractivity (Wildman–Crippen MR) is 115 cm³/mol. The van der Waals surface area contributed by atoms with E-state index in [2.05, 4.69) is 31.9 Å². The Morgan fingerprint density at radius 3 is 2.28 bits per heavy atom. The van der Waals surface area contributed by atoms with Gasteiger partial charge in [0.2, 0.25) is 5.91 Å². The molecule has 0 saturated carbocycles. The van der Waals surface area contributed by atoms with E-state index in [1.54, 1.807) is 18.2 Å². The fourth-order valence-electron chi connectivity index (χ4n) is 2.71. The highest BCUT2D eigenvalue weighted by Crippen LogP contribution is 2.16. The van der Waals surface area contributed by atoms with Crippen LogP contribution in [0.3, 0.4) is 0 Å². The van der Waals surface area contributed by atoms with Crippen LogP contribution in [0.1, 0.15) is 5.56 Å². The topological polar surface area (TPSA) is 70.2 Å². The van der Waals surface area contributed by atoms with Gasteiger partial charge in [0, 0.05) is 22.3 Å². The summed E-state index contributed by atoms with van der Waals surface area (Å²) in [6, 6.07) is 20.6. The second-order valence-corrected chi connectivity index (χ2v) is 7.26. The summed E-state index contributed by atoms with van der Waals surface area (Å²) in [5.74, 6) is -0.791. The Morgan fingerprint density at radius 1 is 0.862 bits per heavy atom. The van der Waals surface area contributed by atoms with E-state index < -0.39 is 23.8 Å². The van der Waals surface area contributed by atoms with E-state index in [9.17, 15) is 14.0 Å². The number of anilines is 2. The van der Waals surface area contributed by atoms with Gasteiger partial charge in [-0.2, -0.15) is 0 Å². The molecule has 3 aromatic rings. The predicted octanol–water partition coefficient (Wildman–Crippen LogP) is 4.96. The molecule has 29 heavy (non-hydrogen) atoms. The molecule has 3 N–H and O–H groups in total. The van der Waals surface area contributed by atoms with Crippen molar-refractivity contribution in [3.8, 4) is 0 Å². The lowest BCUT2D eigenvalue weighted by atomic mass is 10.1. The molecule has 0 bridgehead atoms. The van der Waals surface area contributed by atoms with Gasteiger partial charge >= 0.3 is 6.03 Å². The number of nitrogens with one attached hydrogen (secondary N) is 3. The molecule has 3 amide bonds. The summed E-state index contributed by atoms with van der Waals surface area (Å²) in [5, 5.41) is 8.14. The van der Waals surface area contributed by atoms with Crippen molar-refractivity contribution < 1.29 is 14.0 Å². The smallest absolute Gasteiger partial charge is 0.319 e. The van der Waals surface area contributed by atoms with Crippen LogP contribution in [0.25, 0.3) is 0 Å². The molecule has 0 radical (unpaired) electrons. The summed E-state index contributed by atoms with van der Waals surface area (Å²) in [6.07, 6.45) is 0.305. The maximum Gasteiger partial charge on any atom is 0.319 e. The van der Waals surface area contributed by atoms with E-state index in [-0.39, 0.29) is 0 Å². The number of hydrogen-bond donors (Lipinski definition) is 3. The number of carbonyl (C=O) groups is 2. The van der Waals surface area contributed by atoms with E-state index >= 15 is 0 Å². The fraction of sp³-hybridized carbons (Fsp3) is 0.0909. The van der Waals surface area contributed by atoms with Crippen LogP contribution >= 0.6 is 15.9 Å². The van der Waals surface area contributed by atoms with Gasteiger partial charge in [-0.15, -0.1) is 0 Å². The van der Waals surface area contributed by atoms with Gasteiger partial charge in [-0.3, -0.25) is 4.79 Å². The van der Waals surface area contributed by atoms with E-state index in [4.69, 9.17) is 0 Å². The van der Waals surface area contributed by atoms with E-state index in [0.29, 0.717) is 17.8 Å². The summed E-state index contributed by atoms with van der Waals surface area (Å²) < 4.78 is 13.9. The highest BCUT2D eigenvalue weighted by atomic mass is 79.9. The van der Waals surface area contributed by atoms with Crippen molar-refractivity contribution in [1.29, 1.82) is 0 Å². The van der Waals surface area contributed by atoms with Crippen LogP contribution in [0.4, 0.5) is 20.6 Å². The van der Waals surface area contributed by atoms with Crippen LogP contribution in [0.15, 0.2) is 83.3 Å². The molecule has 0 aliphatic heterocycles. The molecule has 0 aliphatic rings. The second-order valence-electron chi connectivity index (χ2n) is 6.35. The molecule has 5 nitrogen and oxygen atoms in total. The van der Waals surface area contributed by atoms with E-state index in [0.717, 1.165) is 10.0 Å². The van der Waals surface area contributed by atoms with Crippen LogP contribution < -0.4 is 16.0 Å². The zero-order valence-corrected chi connectivity index (χ0v) is 16.9. The summed E-state index contributed by atoms with van der Waals surface area (Å²) >= 11 is 3.35. The first kappa shape index (κ1) is 20.5. The van der Waals surface area contributed by atoms with Gasteiger partial charge in [0.25, 0.3) is 0 Å². The minimum absolute atomic E-state index is 0.305. The van der Waals surface area contributed by atoms with Crippen molar-refractivity contribution in [3.63, 3.8) is 0 Å². The number of amides is 3. The average molecular weight is 456 g/mol. The Hall–Kier alpha value is -3.19. The van der Waals surface area contributed by atoms with Gasteiger partial charge in [0.15, 0.2) is 0 Å². The van der Waals surface area contributed by atoms with E-state index in [1.807, 2.05) is 36.4 Å². The third-order valence-corrected chi connectivity index (χ3v) is 4.59. The number of halogens is 2. The quantitative estimate of drug-likeness (QED) is 0.491. The standard InChI is InChI=1S/C22H19BrFN3O2/c23-16-7-4-8-19(14-16)26-22(29)27-20(13-15-5-2-1-3-6-15)21(28)25-18-11-9-17(24)10-12-18/h1-12,14,20H,13H2,(H,25,28)(H2,26,27,29). The van der Waals surface area contributed by atoms with Gasteiger partial charge in [-0.05, 0) is 48.0 Å². The zero-order chi connectivity index (χ0) is 20.6. The van der Waals surface area contributed by atoms with Crippen molar-refractivity contribution in [2.24, 2.45) is 0 Å². The Morgan fingerprint density at radius 2 is 1.59 bits per heavy atom. The molecule has 3 rings (SSSR count). The van der Waals surface area contributed by atoms with Gasteiger partial charge in [-0.25, -0.2) is 9.18 Å². The SMILES string of the molecule is O=C(Nc1cccc(Br)c1)NC(Cc1ccccc1)C(=O)Nc1ccc(F)cc1. The molecule has 0 aromatic heterocycles. The number of benzene rings is 3. The zero-order valence-electron chi connectivity index (χ0n) is 15.4. The molecule has 3 aromatic carbocycles. The third kappa shape index (κ3) is 6.43. The monoisotopic (exact) mass is 455 g/mol. The lowest BCUT2D eigenvalue weighted by Crippen LogP contribution is -2.46. The van der Waals surface area contributed by atoms with Crippen LogP contribution in [0.5, 0.6) is 0 Å². The summed E-state index contributed by atoms with van der Waals surface area (Å²) in [7, 11) is 0. The lowest BCUT2D eigenvalue weighted by Gasteiger charge is -2.19. The highest BCUT2D eigenvalue weighted by molar-refractivity contribution is 9.10. The number of hydrogen-bond acceptors (Lipinski definition) is 2. The summed E-state index contributed by atoms with van der Waals surface area (Å²) in [4.78, 5) is 25.2. The minimum Gasteiger partial charge on any atom is -0.326 e. The second kappa shape index (κ2) is 9.84. The molecule has 7 heteroatoms. The van der Waals surface area contributed by atoms with Crippen LogP contribution in [0, 0.1) is 5.82 Å². The fourth-order valence-corrected chi connectivity index (χ4v) is 3.11. The molecule has 148 valence electrons. The van der Waals surface area contributed by atoms with Crippen molar-refractivity contribution in [2.75, 3.05) is 10.6 Å². The van der Waals surface area contributed by atoms with Crippen LogP contribution in [0.2, 0.25) is 0 Å². The normalized spacial score (nSPS) is 11.4. The van der Waals surface area contributed by atoms with Gasteiger partial charge < -0.3 is 16.0 Å². The Bertz CT molecular complexity index is 981.